The number of carbonyl (C=O) groups is 2. The first-order chi connectivity index (χ1) is 19.9. The fraction of sp³-hybridized carbons (Fsp3) is 0.533. The molecule has 4 atom stereocenters. The third-order valence-corrected chi connectivity index (χ3v) is 7.79. The van der Waals surface area contributed by atoms with E-state index in [9.17, 15) is 23.1 Å². The van der Waals surface area contributed by atoms with Crippen LogP contribution in [0.25, 0.3) is 0 Å². The molecule has 2 aromatic rings. The van der Waals surface area contributed by atoms with Gasteiger partial charge in [0.05, 0.1) is 36.7 Å². The molecule has 0 aromatic heterocycles. The van der Waals surface area contributed by atoms with Crippen molar-refractivity contribution in [2.45, 2.75) is 58.3 Å². The Hall–Kier alpha value is -3.35. The Bertz CT molecular complexity index is 1290. The number of sulfonamides is 1. The van der Waals surface area contributed by atoms with E-state index in [0.29, 0.717) is 18.0 Å². The number of fused-ring (bicyclic) bond motifs is 1. The van der Waals surface area contributed by atoms with Crippen LogP contribution in [0.5, 0.6) is 5.75 Å². The van der Waals surface area contributed by atoms with Crippen molar-refractivity contribution < 1.29 is 32.6 Å². The van der Waals surface area contributed by atoms with Crippen molar-refractivity contribution in [1.82, 2.24) is 9.80 Å². The molecule has 0 saturated heterocycles. The molecule has 0 radical (unpaired) electrons. The first-order valence-electron chi connectivity index (χ1n) is 14.3. The van der Waals surface area contributed by atoms with E-state index in [1.165, 1.54) is 6.07 Å². The van der Waals surface area contributed by atoms with E-state index in [2.05, 4.69) is 10.0 Å². The van der Waals surface area contributed by atoms with E-state index < -0.39 is 28.1 Å². The fourth-order valence-corrected chi connectivity index (χ4v) is 5.31. The molecule has 3 N–H and O–H groups in total. The van der Waals surface area contributed by atoms with Gasteiger partial charge in [0.15, 0.2) is 0 Å². The number of ether oxygens (including phenoxy) is 2. The van der Waals surface area contributed by atoms with Crippen LogP contribution in [0.2, 0.25) is 0 Å². The molecule has 0 fully saturated rings. The first kappa shape index (κ1) is 33.2. The number of likely N-dealkylation sites (N-methyl/N-ethyl adjacent to an activating group) is 1. The molecule has 1 heterocycles. The van der Waals surface area contributed by atoms with Gasteiger partial charge in [0.1, 0.15) is 5.75 Å². The molecule has 0 unspecified atom stereocenters. The van der Waals surface area contributed by atoms with Crippen molar-refractivity contribution >= 4 is 33.3 Å². The summed E-state index contributed by atoms with van der Waals surface area (Å²) in [6, 6.07) is 13.0. The summed E-state index contributed by atoms with van der Waals surface area (Å²) in [6.07, 6.45) is 2.77. The highest BCUT2D eigenvalue weighted by molar-refractivity contribution is 7.92. The normalized spacial score (nSPS) is 21.3. The number of anilines is 2. The Labute approximate surface area is 249 Å². The molecular formula is C30H44N4O7S. The van der Waals surface area contributed by atoms with Crippen LogP contribution in [-0.4, -0.2) is 93.1 Å². The average molecular weight is 605 g/mol. The lowest BCUT2D eigenvalue weighted by atomic mass is 10.0. The van der Waals surface area contributed by atoms with Crippen molar-refractivity contribution in [1.29, 1.82) is 0 Å². The molecule has 1 aliphatic heterocycles. The molecule has 3 rings (SSSR count). The van der Waals surface area contributed by atoms with Gasteiger partial charge < -0.3 is 29.7 Å². The van der Waals surface area contributed by atoms with Gasteiger partial charge in [-0.15, -0.1) is 0 Å². The van der Waals surface area contributed by atoms with Gasteiger partial charge in [0.25, 0.3) is 5.91 Å². The Morgan fingerprint density at radius 1 is 1.14 bits per heavy atom. The summed E-state index contributed by atoms with van der Waals surface area (Å²) >= 11 is 0. The molecule has 12 heteroatoms. The number of hydrogen-bond donors (Lipinski definition) is 3. The number of nitrogens with zero attached hydrogens (tertiary/aromatic N) is 2. The Morgan fingerprint density at radius 2 is 1.86 bits per heavy atom. The van der Waals surface area contributed by atoms with Gasteiger partial charge in [-0.25, -0.2) is 13.2 Å². The topological polar surface area (TPSA) is 138 Å². The molecule has 0 saturated carbocycles. The van der Waals surface area contributed by atoms with Crippen molar-refractivity contribution in [2.75, 3.05) is 49.6 Å². The SMILES string of the molecule is C[C@@H]1CN([C@@H](C)CO)C(=O)c2cc(NS(C)(=O)=O)ccc2O[C@@H](C)CCCCO[C@@H]1CN(C)C(=O)Nc1ccccc1. The molecular weight excluding hydrogens is 560 g/mol. The van der Waals surface area contributed by atoms with Gasteiger partial charge in [-0.3, -0.25) is 9.52 Å². The van der Waals surface area contributed by atoms with E-state index in [1.54, 1.807) is 35.9 Å². The minimum atomic E-state index is -3.58. The summed E-state index contributed by atoms with van der Waals surface area (Å²) in [6.45, 7) is 6.32. The maximum Gasteiger partial charge on any atom is 0.321 e. The smallest absolute Gasteiger partial charge is 0.321 e. The predicted molar refractivity (Wildman–Crippen MR) is 163 cm³/mol. The Balaban J connectivity index is 1.91. The van der Waals surface area contributed by atoms with E-state index >= 15 is 0 Å². The predicted octanol–water partition coefficient (Wildman–Crippen LogP) is 4.02. The molecule has 11 nitrogen and oxygen atoms in total. The summed E-state index contributed by atoms with van der Waals surface area (Å²) in [7, 11) is -1.88. The highest BCUT2D eigenvalue weighted by Crippen LogP contribution is 2.29. The molecule has 42 heavy (non-hydrogen) atoms. The fourth-order valence-electron chi connectivity index (χ4n) is 4.76. The number of rotatable bonds is 7. The third kappa shape index (κ3) is 9.88. The molecule has 0 aliphatic carbocycles. The summed E-state index contributed by atoms with van der Waals surface area (Å²) in [4.78, 5) is 30.1. The molecule has 232 valence electrons. The van der Waals surface area contributed by atoms with Crippen LogP contribution < -0.4 is 14.8 Å². The summed E-state index contributed by atoms with van der Waals surface area (Å²) in [5.74, 6) is -0.288. The van der Waals surface area contributed by atoms with Crippen LogP contribution in [-0.2, 0) is 14.8 Å². The van der Waals surface area contributed by atoms with Crippen molar-refractivity contribution in [3.63, 3.8) is 0 Å². The van der Waals surface area contributed by atoms with Crippen LogP contribution >= 0.6 is 0 Å². The second-order valence-corrected chi connectivity index (χ2v) is 12.8. The van der Waals surface area contributed by atoms with Crippen LogP contribution in [0.3, 0.4) is 0 Å². The third-order valence-electron chi connectivity index (χ3n) is 7.18. The van der Waals surface area contributed by atoms with Gasteiger partial charge >= 0.3 is 6.03 Å². The van der Waals surface area contributed by atoms with Crippen LogP contribution in [0, 0.1) is 5.92 Å². The number of aliphatic hydroxyl groups excluding tert-OH is 1. The van der Waals surface area contributed by atoms with Gasteiger partial charge in [0, 0.05) is 44.0 Å². The van der Waals surface area contributed by atoms with Crippen LogP contribution in [0.1, 0.15) is 50.4 Å². The quantitative estimate of drug-likeness (QED) is 0.434. The monoisotopic (exact) mass is 604 g/mol. The second-order valence-electron chi connectivity index (χ2n) is 11.1. The highest BCUT2D eigenvalue weighted by atomic mass is 32.2. The first-order valence-corrected chi connectivity index (χ1v) is 16.2. The number of hydrogen-bond acceptors (Lipinski definition) is 7. The number of nitrogens with one attached hydrogen (secondary N) is 2. The number of para-hydroxylation sites is 1. The zero-order valence-corrected chi connectivity index (χ0v) is 25.9. The number of benzene rings is 2. The van der Waals surface area contributed by atoms with Gasteiger partial charge in [-0.05, 0) is 63.4 Å². The zero-order valence-electron chi connectivity index (χ0n) is 25.1. The van der Waals surface area contributed by atoms with Crippen molar-refractivity contribution in [3.8, 4) is 5.75 Å². The number of urea groups is 1. The summed E-state index contributed by atoms with van der Waals surface area (Å²) in [5, 5.41) is 13.0. The second kappa shape index (κ2) is 15.2. The Kier molecular flexibility index (Phi) is 12.0. The Morgan fingerprint density at radius 3 is 2.52 bits per heavy atom. The standard InChI is InChI=1S/C30H44N4O7S/c1-21-18-34(22(2)20-35)29(36)26-17-25(32-42(5,38)39)14-15-27(26)41-23(3)11-9-10-16-40-28(21)19-33(4)30(37)31-24-12-7-6-8-13-24/h6-8,12-15,17,21-23,28,32,35H,9-11,16,18-20H2,1-5H3,(H,31,37)/t21-,22+,23+,28-/m1/s1. The number of aliphatic hydroxyl groups is 1. The minimum Gasteiger partial charge on any atom is -0.490 e. The largest absolute Gasteiger partial charge is 0.490 e. The summed E-state index contributed by atoms with van der Waals surface area (Å²) < 4.78 is 38.7. The van der Waals surface area contributed by atoms with Crippen LogP contribution in [0.15, 0.2) is 48.5 Å². The van der Waals surface area contributed by atoms with Crippen LogP contribution in [0.4, 0.5) is 16.2 Å². The number of carbonyl (C=O) groups excluding carboxylic acids is 2. The van der Waals surface area contributed by atoms with Crippen molar-refractivity contribution in [3.05, 3.63) is 54.1 Å². The molecule has 0 bridgehead atoms. The minimum absolute atomic E-state index is 0.192. The van der Waals surface area contributed by atoms with E-state index in [-0.39, 0.29) is 49.0 Å². The van der Waals surface area contributed by atoms with E-state index in [4.69, 9.17) is 9.47 Å². The van der Waals surface area contributed by atoms with E-state index in [1.807, 2.05) is 44.2 Å². The lowest BCUT2D eigenvalue weighted by Gasteiger charge is -2.35. The summed E-state index contributed by atoms with van der Waals surface area (Å²) in [5.41, 5.74) is 1.11. The van der Waals surface area contributed by atoms with Gasteiger partial charge in [0.2, 0.25) is 10.0 Å². The zero-order chi connectivity index (χ0) is 30.9. The maximum absolute atomic E-state index is 14.1. The average Bonchev–Trinajstić information content (AvgIpc) is 2.94. The molecule has 1 aliphatic rings. The van der Waals surface area contributed by atoms with Gasteiger partial charge in [-0.2, -0.15) is 0 Å². The lowest BCUT2D eigenvalue weighted by molar-refractivity contribution is -0.0115. The number of amides is 3. The maximum atomic E-state index is 14.1. The van der Waals surface area contributed by atoms with Gasteiger partial charge in [-0.1, -0.05) is 25.1 Å². The van der Waals surface area contributed by atoms with E-state index in [0.717, 1.165) is 25.5 Å². The molecule has 0 spiro atoms. The lowest BCUT2D eigenvalue weighted by Crippen LogP contribution is -2.48. The highest BCUT2D eigenvalue weighted by Gasteiger charge is 2.31. The molecule has 3 amide bonds. The molecule has 2 aromatic carbocycles. The van der Waals surface area contributed by atoms with Crippen molar-refractivity contribution in [2.24, 2.45) is 5.92 Å².